The minimum Gasteiger partial charge on any atom is -0.495 e. The molecule has 0 aliphatic carbocycles. The average molecular weight is 233 g/mol. The summed E-state index contributed by atoms with van der Waals surface area (Å²) in [6, 6.07) is 14.0. The van der Waals surface area contributed by atoms with E-state index in [2.05, 4.69) is 19.1 Å². The van der Waals surface area contributed by atoms with Crippen LogP contribution < -0.4 is 4.74 Å². The first-order chi connectivity index (χ1) is 7.74. The summed E-state index contributed by atoms with van der Waals surface area (Å²) in [6.45, 7) is 2.08. The third-order valence-corrected chi connectivity index (χ3v) is 2.90. The Bertz CT molecular complexity index is 506. The Morgan fingerprint density at radius 2 is 1.62 bits per heavy atom. The molecule has 0 aliphatic heterocycles. The Hall–Kier alpha value is -1.47. The Morgan fingerprint density at radius 1 is 0.938 bits per heavy atom. The van der Waals surface area contributed by atoms with Gasteiger partial charge in [0.1, 0.15) is 5.75 Å². The van der Waals surface area contributed by atoms with E-state index in [1.807, 2.05) is 30.3 Å². The van der Waals surface area contributed by atoms with Crippen LogP contribution in [0.1, 0.15) is 5.56 Å². The maximum atomic E-state index is 6.11. The number of benzene rings is 2. The van der Waals surface area contributed by atoms with E-state index in [0.717, 1.165) is 16.9 Å². The molecule has 0 saturated carbocycles. The molecule has 0 aromatic heterocycles. The van der Waals surface area contributed by atoms with Gasteiger partial charge in [-0.3, -0.25) is 0 Å². The summed E-state index contributed by atoms with van der Waals surface area (Å²) < 4.78 is 5.35. The number of methoxy groups -OCH3 is 1. The van der Waals surface area contributed by atoms with Crippen molar-refractivity contribution < 1.29 is 4.74 Å². The molecule has 0 atom stereocenters. The Kier molecular flexibility index (Phi) is 3.16. The fraction of sp³-hybridized carbons (Fsp3) is 0.143. The summed E-state index contributed by atoms with van der Waals surface area (Å²) >= 11 is 6.11. The van der Waals surface area contributed by atoms with Gasteiger partial charge in [-0.25, -0.2) is 0 Å². The van der Waals surface area contributed by atoms with Crippen LogP contribution in [-0.4, -0.2) is 7.11 Å². The van der Waals surface area contributed by atoms with Crippen LogP contribution in [0.2, 0.25) is 5.02 Å². The van der Waals surface area contributed by atoms with Crippen molar-refractivity contribution in [2.75, 3.05) is 7.11 Å². The molecule has 2 aromatic rings. The Morgan fingerprint density at radius 3 is 2.31 bits per heavy atom. The van der Waals surface area contributed by atoms with Gasteiger partial charge in [0, 0.05) is 5.56 Å². The molecule has 0 fully saturated rings. The molecule has 0 aliphatic rings. The minimum absolute atomic E-state index is 0.642. The van der Waals surface area contributed by atoms with E-state index in [-0.39, 0.29) is 0 Å². The molecular formula is C14H13ClO. The molecule has 82 valence electrons. The summed E-state index contributed by atoms with van der Waals surface area (Å²) in [7, 11) is 1.64. The Balaban J connectivity index is 2.65. The van der Waals surface area contributed by atoms with Crippen LogP contribution >= 0.6 is 11.6 Å². The molecule has 2 rings (SSSR count). The minimum atomic E-state index is 0.642. The van der Waals surface area contributed by atoms with E-state index in [4.69, 9.17) is 16.3 Å². The van der Waals surface area contributed by atoms with Gasteiger partial charge in [0.25, 0.3) is 0 Å². The maximum absolute atomic E-state index is 6.11. The monoisotopic (exact) mass is 232 g/mol. The predicted molar refractivity (Wildman–Crippen MR) is 68.2 cm³/mol. The largest absolute Gasteiger partial charge is 0.495 e. The van der Waals surface area contributed by atoms with Gasteiger partial charge in [0.05, 0.1) is 12.1 Å². The summed E-state index contributed by atoms with van der Waals surface area (Å²) in [6.07, 6.45) is 0. The molecule has 0 heterocycles. The lowest BCUT2D eigenvalue weighted by Gasteiger charge is -2.12. The highest BCUT2D eigenvalue weighted by Gasteiger charge is 2.10. The molecule has 0 spiro atoms. The van der Waals surface area contributed by atoms with Crippen LogP contribution in [0.4, 0.5) is 0 Å². The number of para-hydroxylation sites is 1. The summed E-state index contributed by atoms with van der Waals surface area (Å²) in [4.78, 5) is 0. The average Bonchev–Trinajstić information content (AvgIpc) is 2.29. The lowest BCUT2D eigenvalue weighted by molar-refractivity contribution is 0.416. The standard InChI is InChI=1S/C14H13ClO/c1-10-6-3-4-7-11(10)12-8-5-9-13(15)14(12)16-2/h3-9H,1-2H3. The van der Waals surface area contributed by atoms with E-state index < -0.39 is 0 Å². The Labute approximate surface area is 101 Å². The zero-order valence-corrected chi connectivity index (χ0v) is 10.1. The lowest BCUT2D eigenvalue weighted by atomic mass is 10.00. The van der Waals surface area contributed by atoms with Gasteiger partial charge in [-0.2, -0.15) is 0 Å². The van der Waals surface area contributed by atoms with E-state index in [0.29, 0.717) is 5.02 Å². The van der Waals surface area contributed by atoms with Crippen LogP contribution in [0.15, 0.2) is 42.5 Å². The molecule has 0 bridgehead atoms. The zero-order valence-electron chi connectivity index (χ0n) is 9.33. The molecule has 0 unspecified atom stereocenters. The van der Waals surface area contributed by atoms with Crippen molar-refractivity contribution in [3.8, 4) is 16.9 Å². The topological polar surface area (TPSA) is 9.23 Å². The summed E-state index contributed by atoms with van der Waals surface area (Å²) in [5, 5.41) is 0.642. The first kappa shape index (κ1) is 11.0. The molecule has 16 heavy (non-hydrogen) atoms. The third kappa shape index (κ3) is 1.91. The second-order valence-electron chi connectivity index (χ2n) is 3.64. The lowest BCUT2D eigenvalue weighted by Crippen LogP contribution is -1.90. The first-order valence-electron chi connectivity index (χ1n) is 5.12. The van der Waals surface area contributed by atoms with Gasteiger partial charge in [0.15, 0.2) is 0 Å². The van der Waals surface area contributed by atoms with Crippen molar-refractivity contribution in [3.63, 3.8) is 0 Å². The van der Waals surface area contributed by atoms with Gasteiger partial charge < -0.3 is 4.74 Å². The SMILES string of the molecule is COc1c(Cl)cccc1-c1ccccc1C. The highest BCUT2D eigenvalue weighted by atomic mass is 35.5. The molecule has 2 aromatic carbocycles. The van der Waals surface area contributed by atoms with E-state index >= 15 is 0 Å². The number of halogens is 1. The normalized spacial score (nSPS) is 10.2. The van der Waals surface area contributed by atoms with Crippen molar-refractivity contribution in [2.45, 2.75) is 6.92 Å². The van der Waals surface area contributed by atoms with Crippen LogP contribution in [-0.2, 0) is 0 Å². The highest BCUT2D eigenvalue weighted by molar-refractivity contribution is 6.32. The number of aryl methyl sites for hydroxylation is 1. The fourth-order valence-corrected chi connectivity index (χ4v) is 2.06. The van der Waals surface area contributed by atoms with Gasteiger partial charge in [-0.1, -0.05) is 48.0 Å². The van der Waals surface area contributed by atoms with Gasteiger partial charge in [-0.15, -0.1) is 0 Å². The number of hydrogen-bond donors (Lipinski definition) is 0. The zero-order chi connectivity index (χ0) is 11.5. The second kappa shape index (κ2) is 4.58. The highest BCUT2D eigenvalue weighted by Crippen LogP contribution is 2.37. The van der Waals surface area contributed by atoms with Crippen LogP contribution in [0.25, 0.3) is 11.1 Å². The molecule has 2 heteroatoms. The number of ether oxygens (including phenoxy) is 1. The van der Waals surface area contributed by atoms with Gasteiger partial charge in [0.2, 0.25) is 0 Å². The predicted octanol–water partition coefficient (Wildman–Crippen LogP) is 4.32. The van der Waals surface area contributed by atoms with E-state index in [1.165, 1.54) is 5.56 Å². The molecule has 1 nitrogen and oxygen atoms in total. The molecule has 0 N–H and O–H groups in total. The fourth-order valence-electron chi connectivity index (χ4n) is 1.80. The van der Waals surface area contributed by atoms with E-state index in [1.54, 1.807) is 7.11 Å². The van der Waals surface area contributed by atoms with E-state index in [9.17, 15) is 0 Å². The van der Waals surface area contributed by atoms with Crippen LogP contribution in [0.3, 0.4) is 0 Å². The van der Waals surface area contributed by atoms with Crippen molar-refractivity contribution in [2.24, 2.45) is 0 Å². The van der Waals surface area contributed by atoms with Crippen molar-refractivity contribution in [3.05, 3.63) is 53.1 Å². The van der Waals surface area contributed by atoms with Crippen LogP contribution in [0, 0.1) is 6.92 Å². The maximum Gasteiger partial charge on any atom is 0.145 e. The molecular weight excluding hydrogens is 220 g/mol. The van der Waals surface area contributed by atoms with Crippen molar-refractivity contribution >= 4 is 11.6 Å². The van der Waals surface area contributed by atoms with Gasteiger partial charge >= 0.3 is 0 Å². The van der Waals surface area contributed by atoms with Crippen molar-refractivity contribution in [1.29, 1.82) is 0 Å². The smallest absolute Gasteiger partial charge is 0.145 e. The number of hydrogen-bond acceptors (Lipinski definition) is 1. The van der Waals surface area contributed by atoms with Crippen LogP contribution in [0.5, 0.6) is 5.75 Å². The van der Waals surface area contributed by atoms with Gasteiger partial charge in [-0.05, 0) is 24.1 Å². The summed E-state index contributed by atoms with van der Waals surface area (Å²) in [5.74, 6) is 0.735. The quantitative estimate of drug-likeness (QED) is 0.749. The first-order valence-corrected chi connectivity index (χ1v) is 5.50. The second-order valence-corrected chi connectivity index (χ2v) is 4.04. The van der Waals surface area contributed by atoms with Crippen molar-refractivity contribution in [1.82, 2.24) is 0 Å². The number of rotatable bonds is 2. The molecule has 0 radical (unpaired) electrons. The third-order valence-electron chi connectivity index (χ3n) is 2.61. The molecule has 0 saturated heterocycles. The summed E-state index contributed by atoms with van der Waals surface area (Å²) in [5.41, 5.74) is 3.40. The molecule has 0 amide bonds.